The van der Waals surface area contributed by atoms with Gasteiger partial charge in [0.15, 0.2) is 16.6 Å². The molecule has 0 saturated heterocycles. The normalized spacial score (nSPS) is 14.2. The minimum Gasteiger partial charge on any atom is -0.464 e. The van der Waals surface area contributed by atoms with Crippen LogP contribution in [0.2, 0.25) is 0 Å². The second-order valence-electron chi connectivity index (χ2n) is 4.76. The molecule has 1 aromatic rings. The van der Waals surface area contributed by atoms with Crippen LogP contribution in [0.4, 0.5) is 5.13 Å². The number of rotatable bonds is 7. The first kappa shape index (κ1) is 14.0. The summed E-state index contributed by atoms with van der Waals surface area (Å²) < 4.78 is 4.63. The fourth-order valence-corrected chi connectivity index (χ4v) is 2.74. The van der Waals surface area contributed by atoms with E-state index in [2.05, 4.69) is 15.0 Å². The molecule has 6 heteroatoms. The van der Waals surface area contributed by atoms with Gasteiger partial charge in [0.25, 0.3) is 0 Å². The second kappa shape index (κ2) is 6.14. The number of nitrogens with one attached hydrogen (secondary N) is 1. The number of carbonyl (C=O) groups is 2. The highest BCUT2D eigenvalue weighted by Crippen LogP contribution is 2.33. The molecule has 0 spiro atoms. The Morgan fingerprint density at radius 3 is 2.79 bits per heavy atom. The van der Waals surface area contributed by atoms with Crippen molar-refractivity contribution in [1.29, 1.82) is 0 Å². The van der Waals surface area contributed by atoms with Crippen molar-refractivity contribution in [3.05, 3.63) is 10.6 Å². The van der Waals surface area contributed by atoms with Gasteiger partial charge in [-0.1, -0.05) is 24.2 Å². The molecule has 1 aromatic heterocycles. The van der Waals surface area contributed by atoms with Crippen LogP contribution in [0.3, 0.4) is 0 Å². The Morgan fingerprint density at radius 1 is 1.47 bits per heavy atom. The molecule has 0 amide bonds. The quantitative estimate of drug-likeness (QED) is 0.473. The Balaban J connectivity index is 1.95. The zero-order chi connectivity index (χ0) is 13.8. The standard InChI is InChI=1S/C13H18N2O3S/c1-8(16)11-10(12(17)18-2)15-13(19-11)14-7-3-4-9-5-6-9/h9H,3-7H2,1-2H3,(H,14,15). The third-order valence-corrected chi connectivity index (χ3v) is 4.20. The molecule has 0 bridgehead atoms. The molecule has 0 aliphatic heterocycles. The molecule has 2 rings (SSSR count). The third kappa shape index (κ3) is 3.76. The van der Waals surface area contributed by atoms with Crippen LogP contribution in [0.25, 0.3) is 0 Å². The largest absolute Gasteiger partial charge is 0.464 e. The number of aromatic nitrogens is 1. The molecule has 1 aliphatic carbocycles. The fourth-order valence-electron chi connectivity index (χ4n) is 1.86. The number of carbonyl (C=O) groups excluding carboxylic acids is 2. The zero-order valence-corrected chi connectivity index (χ0v) is 12.0. The highest BCUT2D eigenvalue weighted by molar-refractivity contribution is 7.17. The minimum atomic E-state index is -0.563. The van der Waals surface area contributed by atoms with Gasteiger partial charge < -0.3 is 10.1 Å². The summed E-state index contributed by atoms with van der Waals surface area (Å²) in [6.45, 7) is 2.25. The van der Waals surface area contributed by atoms with Gasteiger partial charge >= 0.3 is 5.97 Å². The van der Waals surface area contributed by atoms with E-state index < -0.39 is 5.97 Å². The van der Waals surface area contributed by atoms with Crippen molar-refractivity contribution in [2.45, 2.75) is 32.6 Å². The average Bonchev–Trinajstić information content (AvgIpc) is 3.11. The summed E-state index contributed by atoms with van der Waals surface area (Å²) in [5.74, 6) is 0.188. The van der Waals surface area contributed by atoms with Gasteiger partial charge in [0.05, 0.1) is 7.11 Å². The lowest BCUT2D eigenvalue weighted by atomic mass is 10.2. The van der Waals surface area contributed by atoms with Gasteiger partial charge in [0, 0.05) is 13.5 Å². The van der Waals surface area contributed by atoms with Crippen LogP contribution in [0, 0.1) is 5.92 Å². The molecule has 0 aromatic carbocycles. The van der Waals surface area contributed by atoms with Gasteiger partial charge in [0.1, 0.15) is 4.88 Å². The van der Waals surface area contributed by atoms with Gasteiger partial charge in [-0.15, -0.1) is 0 Å². The SMILES string of the molecule is COC(=O)c1nc(NCCCC2CC2)sc1C(C)=O. The summed E-state index contributed by atoms with van der Waals surface area (Å²) in [5.41, 5.74) is 0.115. The van der Waals surface area contributed by atoms with Crippen LogP contribution in [0.5, 0.6) is 0 Å². The first-order valence-corrected chi connectivity index (χ1v) is 7.27. The fraction of sp³-hybridized carbons (Fsp3) is 0.615. The molecule has 0 unspecified atom stereocenters. The number of hydrogen-bond donors (Lipinski definition) is 1. The highest BCUT2D eigenvalue weighted by Gasteiger charge is 2.22. The lowest BCUT2D eigenvalue weighted by Gasteiger charge is -2.00. The molecule has 1 heterocycles. The molecule has 19 heavy (non-hydrogen) atoms. The first-order chi connectivity index (χ1) is 9.11. The van der Waals surface area contributed by atoms with E-state index in [-0.39, 0.29) is 11.5 Å². The van der Waals surface area contributed by atoms with E-state index in [1.165, 1.54) is 44.6 Å². The van der Waals surface area contributed by atoms with Crippen LogP contribution in [0.15, 0.2) is 0 Å². The van der Waals surface area contributed by atoms with Crippen molar-refractivity contribution in [3.8, 4) is 0 Å². The van der Waals surface area contributed by atoms with Crippen LogP contribution in [0.1, 0.15) is 52.8 Å². The summed E-state index contributed by atoms with van der Waals surface area (Å²) >= 11 is 1.21. The molecule has 104 valence electrons. The van der Waals surface area contributed by atoms with Crippen molar-refractivity contribution in [3.63, 3.8) is 0 Å². The molecule has 0 radical (unpaired) electrons. The van der Waals surface area contributed by atoms with Crippen LogP contribution in [-0.4, -0.2) is 30.4 Å². The molecule has 5 nitrogen and oxygen atoms in total. The third-order valence-electron chi connectivity index (χ3n) is 3.09. The Labute approximate surface area is 116 Å². The van der Waals surface area contributed by atoms with Gasteiger partial charge in [-0.2, -0.15) is 0 Å². The van der Waals surface area contributed by atoms with Crippen molar-refractivity contribution in [2.75, 3.05) is 19.0 Å². The summed E-state index contributed by atoms with van der Waals surface area (Å²) in [7, 11) is 1.29. The number of thiazole rings is 1. The molecular formula is C13H18N2O3S. The summed E-state index contributed by atoms with van der Waals surface area (Å²) in [4.78, 5) is 27.5. The zero-order valence-electron chi connectivity index (χ0n) is 11.2. The van der Waals surface area contributed by atoms with Gasteiger partial charge in [-0.3, -0.25) is 4.79 Å². The van der Waals surface area contributed by atoms with E-state index >= 15 is 0 Å². The topological polar surface area (TPSA) is 68.3 Å². The number of ether oxygens (including phenoxy) is 1. The van der Waals surface area contributed by atoms with Gasteiger partial charge in [-0.25, -0.2) is 9.78 Å². The smallest absolute Gasteiger partial charge is 0.358 e. The summed E-state index contributed by atoms with van der Waals surface area (Å²) in [6, 6.07) is 0. The molecule has 1 aliphatic rings. The van der Waals surface area contributed by atoms with E-state index in [1.54, 1.807) is 0 Å². The number of Topliss-reactive ketones (excluding diaryl/α,β-unsaturated/α-hetero) is 1. The van der Waals surface area contributed by atoms with Crippen molar-refractivity contribution in [2.24, 2.45) is 5.92 Å². The first-order valence-electron chi connectivity index (χ1n) is 6.45. The van der Waals surface area contributed by atoms with E-state index in [4.69, 9.17) is 0 Å². The lowest BCUT2D eigenvalue weighted by Crippen LogP contribution is -2.07. The van der Waals surface area contributed by atoms with E-state index in [0.29, 0.717) is 10.0 Å². The lowest BCUT2D eigenvalue weighted by molar-refractivity contribution is 0.0591. The number of anilines is 1. The predicted octanol–water partition coefficient (Wildman–Crippen LogP) is 2.73. The number of methoxy groups -OCH3 is 1. The highest BCUT2D eigenvalue weighted by atomic mass is 32.1. The van der Waals surface area contributed by atoms with E-state index in [0.717, 1.165) is 18.9 Å². The molecule has 0 atom stereocenters. The average molecular weight is 282 g/mol. The van der Waals surface area contributed by atoms with Crippen molar-refractivity contribution >= 4 is 28.2 Å². The maximum atomic E-state index is 11.5. The number of hydrogen-bond acceptors (Lipinski definition) is 6. The second-order valence-corrected chi connectivity index (χ2v) is 5.76. The number of esters is 1. The Hall–Kier alpha value is -1.43. The van der Waals surface area contributed by atoms with Crippen LogP contribution >= 0.6 is 11.3 Å². The van der Waals surface area contributed by atoms with E-state index in [1.807, 2.05) is 0 Å². The molecular weight excluding hydrogens is 264 g/mol. The summed E-state index contributed by atoms with van der Waals surface area (Å²) in [5, 5.41) is 3.78. The molecule has 1 fully saturated rings. The van der Waals surface area contributed by atoms with Gasteiger partial charge in [0.2, 0.25) is 0 Å². The minimum absolute atomic E-state index is 0.115. The van der Waals surface area contributed by atoms with Crippen molar-refractivity contribution in [1.82, 2.24) is 4.98 Å². The molecule has 1 saturated carbocycles. The molecule has 1 N–H and O–H groups in total. The Kier molecular flexibility index (Phi) is 4.52. The Bertz CT molecular complexity index is 480. The summed E-state index contributed by atoms with van der Waals surface area (Å²) in [6.07, 6.45) is 5.05. The van der Waals surface area contributed by atoms with Crippen molar-refractivity contribution < 1.29 is 14.3 Å². The maximum absolute atomic E-state index is 11.5. The predicted molar refractivity (Wildman–Crippen MR) is 73.9 cm³/mol. The Morgan fingerprint density at radius 2 is 2.21 bits per heavy atom. The monoisotopic (exact) mass is 282 g/mol. The van der Waals surface area contributed by atoms with Crippen LogP contribution < -0.4 is 5.32 Å². The van der Waals surface area contributed by atoms with Crippen LogP contribution in [-0.2, 0) is 4.74 Å². The maximum Gasteiger partial charge on any atom is 0.358 e. The number of ketones is 1. The van der Waals surface area contributed by atoms with Gasteiger partial charge in [-0.05, 0) is 18.8 Å². The van der Waals surface area contributed by atoms with E-state index in [9.17, 15) is 9.59 Å². The number of nitrogens with zero attached hydrogens (tertiary/aromatic N) is 1.